The summed E-state index contributed by atoms with van der Waals surface area (Å²) in [5, 5.41) is 0. The summed E-state index contributed by atoms with van der Waals surface area (Å²) in [6.45, 7) is 4.59. The largest absolute Gasteiger partial charge is 0.339 e. The molecule has 1 saturated carbocycles. The van der Waals surface area contributed by atoms with Crippen LogP contribution in [0.4, 0.5) is 0 Å². The monoisotopic (exact) mass is 241 g/mol. The molecule has 0 aromatic carbocycles. The summed E-state index contributed by atoms with van der Waals surface area (Å²) < 4.78 is 0. The van der Waals surface area contributed by atoms with E-state index in [0.717, 1.165) is 19.4 Å². The van der Waals surface area contributed by atoms with Crippen molar-refractivity contribution >= 4 is 5.91 Å². The Morgan fingerprint density at radius 1 is 1.24 bits per heavy atom. The van der Waals surface area contributed by atoms with E-state index in [9.17, 15) is 4.79 Å². The third-order valence-corrected chi connectivity index (χ3v) is 3.85. The zero-order valence-electron chi connectivity index (χ0n) is 11.6. The number of nitrogens with zero attached hydrogens (tertiary/aromatic N) is 2. The van der Waals surface area contributed by atoms with Crippen molar-refractivity contribution in [1.82, 2.24) is 9.80 Å². The molecule has 0 spiro atoms. The normalized spacial score (nSPS) is 26.9. The van der Waals surface area contributed by atoms with Crippen molar-refractivity contribution in [3.63, 3.8) is 0 Å². The van der Waals surface area contributed by atoms with Gasteiger partial charge in [-0.15, -0.1) is 0 Å². The van der Waals surface area contributed by atoms with Crippen molar-refractivity contribution in [1.29, 1.82) is 0 Å². The van der Waals surface area contributed by atoms with Crippen molar-refractivity contribution in [2.75, 3.05) is 20.6 Å². The fourth-order valence-corrected chi connectivity index (χ4v) is 2.74. The van der Waals surface area contributed by atoms with Gasteiger partial charge in [0, 0.05) is 18.6 Å². The SMILES string of the molecule is CCN(C(=O)C(C)N)C1CCC(N(C)C)CC1. The minimum absolute atomic E-state index is 0.0980. The molecule has 1 aliphatic carbocycles. The molecule has 17 heavy (non-hydrogen) atoms. The Morgan fingerprint density at radius 2 is 1.71 bits per heavy atom. The van der Waals surface area contributed by atoms with Crippen LogP contribution in [0.2, 0.25) is 0 Å². The summed E-state index contributed by atoms with van der Waals surface area (Å²) >= 11 is 0. The average Bonchev–Trinajstić information content (AvgIpc) is 2.30. The second-order valence-electron chi connectivity index (χ2n) is 5.34. The maximum atomic E-state index is 12.0. The lowest BCUT2D eigenvalue weighted by molar-refractivity contribution is -0.135. The van der Waals surface area contributed by atoms with Gasteiger partial charge in [-0.2, -0.15) is 0 Å². The van der Waals surface area contributed by atoms with Gasteiger partial charge in [0.05, 0.1) is 6.04 Å². The molecule has 0 bridgehead atoms. The molecule has 0 heterocycles. The van der Waals surface area contributed by atoms with Crippen LogP contribution in [0.5, 0.6) is 0 Å². The van der Waals surface area contributed by atoms with Gasteiger partial charge in [0.1, 0.15) is 0 Å². The van der Waals surface area contributed by atoms with Gasteiger partial charge in [-0.1, -0.05) is 0 Å². The van der Waals surface area contributed by atoms with Crippen LogP contribution in [0.1, 0.15) is 39.5 Å². The van der Waals surface area contributed by atoms with E-state index in [0.29, 0.717) is 12.1 Å². The third kappa shape index (κ3) is 3.68. The minimum Gasteiger partial charge on any atom is -0.339 e. The topological polar surface area (TPSA) is 49.6 Å². The molecule has 0 aliphatic heterocycles. The van der Waals surface area contributed by atoms with E-state index in [2.05, 4.69) is 19.0 Å². The number of carbonyl (C=O) groups is 1. The molecule has 0 saturated heterocycles. The highest BCUT2D eigenvalue weighted by Crippen LogP contribution is 2.25. The number of hydrogen-bond acceptors (Lipinski definition) is 3. The van der Waals surface area contributed by atoms with E-state index < -0.39 is 0 Å². The van der Waals surface area contributed by atoms with Crippen LogP contribution in [0.25, 0.3) is 0 Å². The van der Waals surface area contributed by atoms with E-state index in [-0.39, 0.29) is 11.9 Å². The lowest BCUT2D eigenvalue weighted by Crippen LogP contribution is -2.49. The van der Waals surface area contributed by atoms with Gasteiger partial charge in [0.15, 0.2) is 0 Å². The Labute approximate surface area is 105 Å². The molecule has 1 aliphatic rings. The van der Waals surface area contributed by atoms with E-state index in [1.54, 1.807) is 6.92 Å². The lowest BCUT2D eigenvalue weighted by atomic mass is 9.89. The van der Waals surface area contributed by atoms with Gasteiger partial charge >= 0.3 is 0 Å². The van der Waals surface area contributed by atoms with Crippen LogP contribution in [-0.2, 0) is 4.79 Å². The molecule has 1 unspecified atom stereocenters. The van der Waals surface area contributed by atoms with Gasteiger partial charge in [-0.3, -0.25) is 4.79 Å². The molecule has 0 aromatic heterocycles. The predicted octanol–water partition coefficient (Wildman–Crippen LogP) is 1.05. The highest BCUT2D eigenvalue weighted by molar-refractivity contribution is 5.81. The van der Waals surface area contributed by atoms with Crippen LogP contribution >= 0.6 is 0 Å². The van der Waals surface area contributed by atoms with Crippen molar-refractivity contribution < 1.29 is 4.79 Å². The number of nitrogens with two attached hydrogens (primary N) is 1. The number of amides is 1. The molecular formula is C13H27N3O. The Hall–Kier alpha value is -0.610. The smallest absolute Gasteiger partial charge is 0.239 e. The average molecular weight is 241 g/mol. The molecule has 0 radical (unpaired) electrons. The highest BCUT2D eigenvalue weighted by atomic mass is 16.2. The Morgan fingerprint density at radius 3 is 2.06 bits per heavy atom. The summed E-state index contributed by atoms with van der Waals surface area (Å²) in [4.78, 5) is 16.2. The van der Waals surface area contributed by atoms with Crippen molar-refractivity contribution in [3.8, 4) is 0 Å². The summed E-state index contributed by atoms with van der Waals surface area (Å²) in [5.74, 6) is 0.0980. The van der Waals surface area contributed by atoms with E-state index in [1.807, 2.05) is 11.8 Å². The number of carbonyl (C=O) groups excluding carboxylic acids is 1. The zero-order chi connectivity index (χ0) is 13.0. The third-order valence-electron chi connectivity index (χ3n) is 3.85. The van der Waals surface area contributed by atoms with Crippen LogP contribution in [0.15, 0.2) is 0 Å². The highest BCUT2D eigenvalue weighted by Gasteiger charge is 2.29. The number of likely N-dealkylation sites (N-methyl/N-ethyl adjacent to an activating group) is 1. The van der Waals surface area contributed by atoms with Crippen LogP contribution in [0, 0.1) is 0 Å². The van der Waals surface area contributed by atoms with Crippen LogP contribution in [-0.4, -0.2) is 54.5 Å². The van der Waals surface area contributed by atoms with Gasteiger partial charge in [0.2, 0.25) is 5.91 Å². The van der Waals surface area contributed by atoms with E-state index in [4.69, 9.17) is 5.73 Å². The summed E-state index contributed by atoms with van der Waals surface area (Å²) in [5.41, 5.74) is 5.70. The Balaban J connectivity index is 2.53. The predicted molar refractivity (Wildman–Crippen MR) is 70.8 cm³/mol. The number of rotatable bonds is 4. The molecular weight excluding hydrogens is 214 g/mol. The summed E-state index contributed by atoms with van der Waals surface area (Å²) in [6, 6.07) is 0.701. The second kappa shape index (κ2) is 6.36. The van der Waals surface area contributed by atoms with E-state index >= 15 is 0 Å². The standard InChI is InChI=1S/C13H27N3O/c1-5-16(13(17)10(2)14)12-8-6-11(7-9-12)15(3)4/h10-12H,5-9,14H2,1-4H3. The Kier molecular flexibility index (Phi) is 5.40. The van der Waals surface area contributed by atoms with Crippen molar-refractivity contribution in [2.45, 2.75) is 57.7 Å². The van der Waals surface area contributed by atoms with E-state index in [1.165, 1.54) is 12.8 Å². The molecule has 1 fully saturated rings. The van der Waals surface area contributed by atoms with Crippen molar-refractivity contribution in [3.05, 3.63) is 0 Å². The quantitative estimate of drug-likeness (QED) is 0.800. The minimum atomic E-state index is -0.374. The van der Waals surface area contributed by atoms with Crippen LogP contribution in [0.3, 0.4) is 0 Å². The zero-order valence-corrected chi connectivity index (χ0v) is 11.6. The molecule has 0 aromatic rings. The maximum absolute atomic E-state index is 12.0. The first kappa shape index (κ1) is 14.5. The Bertz CT molecular complexity index is 245. The molecule has 1 amide bonds. The molecule has 1 atom stereocenters. The molecule has 100 valence electrons. The van der Waals surface area contributed by atoms with Gasteiger partial charge in [0.25, 0.3) is 0 Å². The first-order valence-corrected chi connectivity index (χ1v) is 6.69. The summed E-state index contributed by atoms with van der Waals surface area (Å²) in [7, 11) is 4.27. The first-order valence-electron chi connectivity index (χ1n) is 6.69. The molecule has 1 rings (SSSR count). The fraction of sp³-hybridized carbons (Fsp3) is 0.923. The summed E-state index contributed by atoms with van der Waals surface area (Å²) in [6.07, 6.45) is 4.57. The van der Waals surface area contributed by atoms with Gasteiger partial charge in [-0.25, -0.2) is 0 Å². The second-order valence-corrected chi connectivity index (χ2v) is 5.34. The number of hydrogen-bond donors (Lipinski definition) is 1. The first-order chi connectivity index (χ1) is 7.97. The van der Waals surface area contributed by atoms with Gasteiger partial charge in [-0.05, 0) is 53.6 Å². The van der Waals surface area contributed by atoms with Crippen molar-refractivity contribution in [2.24, 2.45) is 5.73 Å². The molecule has 4 nitrogen and oxygen atoms in total. The molecule has 2 N–H and O–H groups in total. The lowest BCUT2D eigenvalue weighted by Gasteiger charge is -2.39. The fourth-order valence-electron chi connectivity index (χ4n) is 2.74. The van der Waals surface area contributed by atoms with Gasteiger partial charge < -0.3 is 15.5 Å². The molecule has 4 heteroatoms. The maximum Gasteiger partial charge on any atom is 0.239 e. The van der Waals surface area contributed by atoms with Crippen LogP contribution < -0.4 is 5.73 Å².